The molecule has 1 fully saturated rings. The van der Waals surface area contributed by atoms with Crippen molar-refractivity contribution in [2.24, 2.45) is 7.05 Å². The second-order valence-corrected chi connectivity index (χ2v) is 6.83. The third kappa shape index (κ3) is 2.64. The van der Waals surface area contributed by atoms with Crippen LogP contribution in [0.25, 0.3) is 10.9 Å². The maximum atomic E-state index is 6.12. The largest absolute Gasteiger partial charge is 0.367 e. The van der Waals surface area contributed by atoms with Crippen LogP contribution in [0.3, 0.4) is 0 Å². The van der Waals surface area contributed by atoms with E-state index in [1.807, 2.05) is 48.5 Å². The lowest BCUT2D eigenvalue weighted by Gasteiger charge is -2.41. The topological polar surface area (TPSA) is 43.2 Å². The smallest absolute Gasteiger partial charge is 0.111 e. The van der Waals surface area contributed by atoms with Crippen LogP contribution in [0.4, 0.5) is 5.69 Å². The molecule has 24 heavy (non-hydrogen) atoms. The molecule has 3 heterocycles. The van der Waals surface area contributed by atoms with Gasteiger partial charge in [0.1, 0.15) is 5.60 Å². The van der Waals surface area contributed by atoms with Crippen molar-refractivity contribution in [3.63, 3.8) is 0 Å². The second kappa shape index (κ2) is 5.76. The molecule has 0 amide bonds. The zero-order valence-electron chi connectivity index (χ0n) is 13.7. The summed E-state index contributed by atoms with van der Waals surface area (Å²) in [5, 5.41) is 6.10. The van der Waals surface area contributed by atoms with E-state index < -0.39 is 0 Å². The number of anilines is 1. The van der Waals surface area contributed by atoms with Crippen molar-refractivity contribution in [1.82, 2.24) is 14.8 Å². The monoisotopic (exact) mass is 342 g/mol. The van der Waals surface area contributed by atoms with Gasteiger partial charge in [-0.05, 0) is 31.2 Å². The standard InChI is InChI=1S/C18H19ClN4O/c1-18(13-10-21-22(2)11-13)12-23(7-8-24-18)17-5-6-20-16-9-14(19)3-4-15(16)17/h3-6,9-11H,7-8,12H2,1-2H3. The fraction of sp³-hybridized carbons (Fsp3) is 0.333. The molecule has 1 saturated heterocycles. The lowest BCUT2D eigenvalue weighted by molar-refractivity contribution is -0.0465. The van der Waals surface area contributed by atoms with Crippen molar-refractivity contribution >= 4 is 28.2 Å². The van der Waals surface area contributed by atoms with Crippen LogP contribution in [0.15, 0.2) is 42.9 Å². The molecular weight excluding hydrogens is 324 g/mol. The zero-order valence-corrected chi connectivity index (χ0v) is 14.5. The molecule has 0 saturated carbocycles. The highest BCUT2D eigenvalue weighted by Gasteiger charge is 2.35. The fourth-order valence-electron chi connectivity index (χ4n) is 3.33. The Balaban J connectivity index is 1.72. The average Bonchev–Trinajstić information content (AvgIpc) is 3.01. The molecule has 1 aliphatic rings. The van der Waals surface area contributed by atoms with Gasteiger partial charge in [0.15, 0.2) is 0 Å². The van der Waals surface area contributed by atoms with E-state index in [9.17, 15) is 0 Å². The van der Waals surface area contributed by atoms with Crippen LogP contribution in [0.2, 0.25) is 5.02 Å². The zero-order chi connectivity index (χ0) is 16.7. The molecule has 0 radical (unpaired) electrons. The fourth-order valence-corrected chi connectivity index (χ4v) is 3.49. The van der Waals surface area contributed by atoms with Crippen molar-refractivity contribution in [2.45, 2.75) is 12.5 Å². The first-order valence-electron chi connectivity index (χ1n) is 7.97. The summed E-state index contributed by atoms with van der Waals surface area (Å²) in [6, 6.07) is 7.92. The minimum atomic E-state index is -0.380. The highest BCUT2D eigenvalue weighted by molar-refractivity contribution is 6.31. The van der Waals surface area contributed by atoms with Crippen LogP contribution in [-0.4, -0.2) is 34.5 Å². The molecule has 0 bridgehead atoms. The van der Waals surface area contributed by atoms with Crippen molar-refractivity contribution in [2.75, 3.05) is 24.6 Å². The first-order valence-corrected chi connectivity index (χ1v) is 8.35. The molecule has 1 aliphatic heterocycles. The van der Waals surface area contributed by atoms with E-state index in [4.69, 9.17) is 16.3 Å². The Kier molecular flexibility index (Phi) is 3.70. The van der Waals surface area contributed by atoms with E-state index in [0.717, 1.165) is 35.2 Å². The Morgan fingerprint density at radius 3 is 2.96 bits per heavy atom. The Labute approximate surface area is 145 Å². The number of hydrogen-bond donors (Lipinski definition) is 0. The number of pyridine rings is 1. The molecule has 1 aromatic carbocycles. The summed E-state index contributed by atoms with van der Waals surface area (Å²) in [6.07, 6.45) is 5.74. The number of benzene rings is 1. The lowest BCUT2D eigenvalue weighted by Crippen LogP contribution is -2.48. The molecule has 0 N–H and O–H groups in total. The van der Waals surface area contributed by atoms with Gasteiger partial charge in [0, 0.05) is 47.6 Å². The molecule has 4 rings (SSSR count). The number of nitrogens with zero attached hydrogens (tertiary/aromatic N) is 4. The Bertz CT molecular complexity index is 894. The van der Waals surface area contributed by atoms with Crippen LogP contribution >= 0.6 is 11.6 Å². The summed E-state index contributed by atoms with van der Waals surface area (Å²) in [6.45, 7) is 4.40. The summed E-state index contributed by atoms with van der Waals surface area (Å²) in [5.74, 6) is 0. The molecule has 124 valence electrons. The van der Waals surface area contributed by atoms with Gasteiger partial charge >= 0.3 is 0 Å². The number of fused-ring (bicyclic) bond motifs is 1. The number of ether oxygens (including phenoxy) is 1. The minimum Gasteiger partial charge on any atom is -0.367 e. The van der Waals surface area contributed by atoms with Gasteiger partial charge in [-0.15, -0.1) is 0 Å². The number of halogens is 1. The van der Waals surface area contributed by atoms with Crippen LogP contribution in [0.5, 0.6) is 0 Å². The van der Waals surface area contributed by atoms with E-state index in [1.165, 1.54) is 0 Å². The van der Waals surface area contributed by atoms with E-state index in [-0.39, 0.29) is 5.60 Å². The number of rotatable bonds is 2. The third-order valence-electron chi connectivity index (χ3n) is 4.61. The first kappa shape index (κ1) is 15.4. The maximum absolute atomic E-state index is 6.12. The van der Waals surface area contributed by atoms with E-state index in [2.05, 4.69) is 28.0 Å². The van der Waals surface area contributed by atoms with Crippen LogP contribution in [0, 0.1) is 0 Å². The van der Waals surface area contributed by atoms with Gasteiger partial charge in [-0.1, -0.05) is 11.6 Å². The van der Waals surface area contributed by atoms with Crippen molar-refractivity contribution < 1.29 is 4.74 Å². The molecule has 1 atom stereocenters. The predicted molar refractivity (Wildman–Crippen MR) is 95.5 cm³/mol. The Morgan fingerprint density at radius 1 is 1.29 bits per heavy atom. The SMILES string of the molecule is Cn1cc(C2(C)CN(c3ccnc4cc(Cl)ccc34)CCO2)cn1. The minimum absolute atomic E-state index is 0.380. The molecule has 3 aromatic rings. The average molecular weight is 343 g/mol. The number of aromatic nitrogens is 3. The van der Waals surface area contributed by atoms with Crippen molar-refractivity contribution in [3.8, 4) is 0 Å². The van der Waals surface area contributed by atoms with Gasteiger partial charge in [-0.2, -0.15) is 5.10 Å². The molecule has 5 nitrogen and oxygen atoms in total. The normalized spacial score (nSPS) is 21.4. The quantitative estimate of drug-likeness (QED) is 0.716. The van der Waals surface area contributed by atoms with Gasteiger partial charge in [-0.3, -0.25) is 9.67 Å². The van der Waals surface area contributed by atoms with Gasteiger partial charge in [0.05, 0.1) is 24.9 Å². The molecule has 6 heteroatoms. The highest BCUT2D eigenvalue weighted by Crippen LogP contribution is 2.34. The van der Waals surface area contributed by atoms with Crippen LogP contribution in [-0.2, 0) is 17.4 Å². The maximum Gasteiger partial charge on any atom is 0.111 e. The first-order chi connectivity index (χ1) is 11.5. The van der Waals surface area contributed by atoms with E-state index in [0.29, 0.717) is 11.6 Å². The predicted octanol–water partition coefficient (Wildman–Crippen LogP) is 3.37. The van der Waals surface area contributed by atoms with Crippen LogP contribution in [0.1, 0.15) is 12.5 Å². The van der Waals surface area contributed by atoms with E-state index >= 15 is 0 Å². The van der Waals surface area contributed by atoms with Gasteiger partial charge in [0.25, 0.3) is 0 Å². The molecule has 1 unspecified atom stereocenters. The lowest BCUT2D eigenvalue weighted by atomic mass is 9.96. The van der Waals surface area contributed by atoms with Gasteiger partial charge in [0.2, 0.25) is 0 Å². The number of aryl methyl sites for hydroxylation is 1. The highest BCUT2D eigenvalue weighted by atomic mass is 35.5. The second-order valence-electron chi connectivity index (χ2n) is 6.40. The van der Waals surface area contributed by atoms with Crippen molar-refractivity contribution in [3.05, 3.63) is 53.4 Å². The van der Waals surface area contributed by atoms with Gasteiger partial charge in [-0.25, -0.2) is 0 Å². The molecule has 0 aliphatic carbocycles. The molecule has 0 spiro atoms. The summed E-state index contributed by atoms with van der Waals surface area (Å²) in [7, 11) is 1.92. The van der Waals surface area contributed by atoms with Crippen LogP contribution < -0.4 is 4.90 Å². The van der Waals surface area contributed by atoms with E-state index in [1.54, 1.807) is 0 Å². The summed E-state index contributed by atoms with van der Waals surface area (Å²) < 4.78 is 7.93. The number of morpholine rings is 1. The van der Waals surface area contributed by atoms with Gasteiger partial charge < -0.3 is 9.64 Å². The number of hydrogen-bond acceptors (Lipinski definition) is 4. The summed E-state index contributed by atoms with van der Waals surface area (Å²) in [5.41, 5.74) is 2.79. The summed E-state index contributed by atoms with van der Waals surface area (Å²) >= 11 is 6.10. The Morgan fingerprint density at radius 2 is 2.17 bits per heavy atom. The summed E-state index contributed by atoms with van der Waals surface area (Å²) in [4.78, 5) is 6.80. The Hall–Kier alpha value is -2.11. The molecular formula is C18H19ClN4O. The third-order valence-corrected chi connectivity index (χ3v) is 4.85. The van der Waals surface area contributed by atoms with Crippen molar-refractivity contribution in [1.29, 1.82) is 0 Å². The molecule has 2 aromatic heterocycles.